The van der Waals surface area contributed by atoms with Crippen LogP contribution in [0.1, 0.15) is 61.0 Å². The van der Waals surface area contributed by atoms with Crippen LogP contribution in [0.3, 0.4) is 0 Å². The SMILES string of the molecule is Cc1cc(-c2[nH]c3ccc(C4CCNCC4)cc3c2C(C)C)c2[nH]c(C)cc2n1. The highest BCUT2D eigenvalue weighted by Gasteiger charge is 2.21. The van der Waals surface area contributed by atoms with Crippen molar-refractivity contribution >= 4 is 21.9 Å². The lowest BCUT2D eigenvalue weighted by atomic mass is 9.88. The fraction of sp³-hybridized carbons (Fsp3) is 0.400. The van der Waals surface area contributed by atoms with E-state index in [2.05, 4.69) is 73.3 Å². The quantitative estimate of drug-likeness (QED) is 0.409. The number of nitrogens with one attached hydrogen (secondary N) is 3. The van der Waals surface area contributed by atoms with Gasteiger partial charge in [-0.05, 0) is 87.0 Å². The van der Waals surface area contributed by atoms with Gasteiger partial charge in [0.05, 0.1) is 16.7 Å². The first-order valence-electron chi connectivity index (χ1n) is 10.8. The number of pyridine rings is 1. The Morgan fingerprint density at radius 2 is 1.79 bits per heavy atom. The predicted molar refractivity (Wildman–Crippen MR) is 122 cm³/mol. The predicted octanol–water partition coefficient (Wildman–Crippen LogP) is 5.92. The van der Waals surface area contributed by atoms with Crippen molar-refractivity contribution in [1.82, 2.24) is 20.3 Å². The third kappa shape index (κ3) is 3.16. The summed E-state index contributed by atoms with van der Waals surface area (Å²) in [6.45, 7) is 11.0. The number of H-pyrrole nitrogens is 2. The molecule has 4 heterocycles. The van der Waals surface area contributed by atoms with E-state index in [9.17, 15) is 0 Å². The normalized spacial score (nSPS) is 15.8. The summed E-state index contributed by atoms with van der Waals surface area (Å²) in [4.78, 5) is 12.0. The monoisotopic (exact) mass is 386 g/mol. The Hall–Kier alpha value is -2.59. The summed E-state index contributed by atoms with van der Waals surface area (Å²) in [5, 5.41) is 4.86. The molecule has 1 fully saturated rings. The number of fused-ring (bicyclic) bond motifs is 2. The second-order valence-corrected chi connectivity index (χ2v) is 8.92. The summed E-state index contributed by atoms with van der Waals surface area (Å²) in [6, 6.07) is 11.4. The standard InChI is InChI=1S/C25H30N4/c1-14(2)23-19-13-18(17-7-9-26-10-8-17)5-6-21(19)29-25(23)20-11-15(3)27-22-12-16(4)28-24(20)22/h5-6,11-14,17,26,28-29H,7-10H2,1-4H3. The van der Waals surface area contributed by atoms with E-state index in [0.29, 0.717) is 11.8 Å². The largest absolute Gasteiger partial charge is 0.357 e. The van der Waals surface area contributed by atoms with Crippen LogP contribution in [0.5, 0.6) is 0 Å². The number of piperidine rings is 1. The van der Waals surface area contributed by atoms with Crippen molar-refractivity contribution < 1.29 is 0 Å². The highest BCUT2D eigenvalue weighted by atomic mass is 14.9. The first-order chi connectivity index (χ1) is 14.0. The molecule has 0 amide bonds. The van der Waals surface area contributed by atoms with Crippen LogP contribution in [-0.2, 0) is 0 Å². The zero-order valence-electron chi connectivity index (χ0n) is 17.8. The number of benzene rings is 1. The van der Waals surface area contributed by atoms with E-state index in [0.717, 1.165) is 35.5 Å². The van der Waals surface area contributed by atoms with E-state index in [4.69, 9.17) is 4.98 Å². The molecule has 150 valence electrons. The van der Waals surface area contributed by atoms with Crippen molar-refractivity contribution in [3.63, 3.8) is 0 Å². The molecule has 0 bridgehead atoms. The summed E-state index contributed by atoms with van der Waals surface area (Å²) in [5.74, 6) is 1.10. The smallest absolute Gasteiger partial charge is 0.0891 e. The summed E-state index contributed by atoms with van der Waals surface area (Å²) >= 11 is 0. The minimum atomic E-state index is 0.432. The lowest BCUT2D eigenvalue weighted by Crippen LogP contribution is -2.26. The molecule has 0 aliphatic carbocycles. The number of aryl methyl sites for hydroxylation is 2. The van der Waals surface area contributed by atoms with Gasteiger partial charge in [-0.1, -0.05) is 19.9 Å². The summed E-state index contributed by atoms with van der Waals surface area (Å²) in [7, 11) is 0. The number of hydrogen-bond donors (Lipinski definition) is 3. The molecule has 0 spiro atoms. The van der Waals surface area contributed by atoms with E-state index >= 15 is 0 Å². The van der Waals surface area contributed by atoms with Gasteiger partial charge in [0, 0.05) is 27.9 Å². The number of nitrogens with zero attached hydrogens (tertiary/aromatic N) is 1. The molecule has 1 aliphatic heterocycles. The molecule has 1 saturated heterocycles. The highest BCUT2D eigenvalue weighted by Crippen LogP contribution is 2.40. The van der Waals surface area contributed by atoms with E-state index < -0.39 is 0 Å². The van der Waals surface area contributed by atoms with E-state index in [1.165, 1.54) is 46.1 Å². The Labute approximate surface area is 172 Å². The fourth-order valence-electron chi connectivity index (χ4n) is 5.02. The Morgan fingerprint density at radius 3 is 2.55 bits per heavy atom. The van der Waals surface area contributed by atoms with Crippen LogP contribution in [0.2, 0.25) is 0 Å². The number of aromatic nitrogens is 3. The molecule has 3 aromatic heterocycles. The third-order valence-electron chi connectivity index (χ3n) is 6.37. The van der Waals surface area contributed by atoms with E-state index in [1.807, 2.05) is 0 Å². The molecule has 0 unspecified atom stereocenters. The molecule has 4 heteroatoms. The summed E-state index contributed by atoms with van der Waals surface area (Å²) < 4.78 is 0. The average Bonchev–Trinajstić information content (AvgIpc) is 3.27. The maximum Gasteiger partial charge on any atom is 0.0891 e. The van der Waals surface area contributed by atoms with Gasteiger partial charge < -0.3 is 15.3 Å². The maximum atomic E-state index is 4.74. The Balaban J connectivity index is 1.73. The summed E-state index contributed by atoms with van der Waals surface area (Å²) in [5.41, 5.74) is 10.9. The number of hydrogen-bond acceptors (Lipinski definition) is 2. The van der Waals surface area contributed by atoms with Crippen LogP contribution in [0.4, 0.5) is 0 Å². The van der Waals surface area contributed by atoms with Crippen LogP contribution >= 0.6 is 0 Å². The van der Waals surface area contributed by atoms with Gasteiger partial charge in [0.15, 0.2) is 0 Å². The second kappa shape index (κ2) is 7.03. The zero-order valence-corrected chi connectivity index (χ0v) is 17.8. The van der Waals surface area contributed by atoms with Crippen LogP contribution in [-0.4, -0.2) is 28.0 Å². The fourth-order valence-corrected chi connectivity index (χ4v) is 5.02. The summed E-state index contributed by atoms with van der Waals surface area (Å²) in [6.07, 6.45) is 2.46. The van der Waals surface area contributed by atoms with Crippen LogP contribution in [0, 0.1) is 13.8 Å². The minimum Gasteiger partial charge on any atom is -0.357 e. The lowest BCUT2D eigenvalue weighted by molar-refractivity contribution is 0.460. The number of rotatable bonds is 3. The van der Waals surface area contributed by atoms with Crippen molar-refractivity contribution in [2.75, 3.05) is 13.1 Å². The molecule has 4 nitrogen and oxygen atoms in total. The van der Waals surface area contributed by atoms with Crippen molar-refractivity contribution in [3.8, 4) is 11.3 Å². The Kier molecular flexibility index (Phi) is 4.47. The van der Waals surface area contributed by atoms with Gasteiger partial charge >= 0.3 is 0 Å². The Morgan fingerprint density at radius 1 is 1.00 bits per heavy atom. The number of aromatic amines is 2. The van der Waals surface area contributed by atoms with E-state index in [-0.39, 0.29) is 0 Å². The Bertz CT molecular complexity index is 1190. The third-order valence-corrected chi connectivity index (χ3v) is 6.37. The van der Waals surface area contributed by atoms with Gasteiger partial charge in [0.2, 0.25) is 0 Å². The maximum absolute atomic E-state index is 4.74. The lowest BCUT2D eigenvalue weighted by Gasteiger charge is -2.23. The van der Waals surface area contributed by atoms with Crippen LogP contribution < -0.4 is 5.32 Å². The van der Waals surface area contributed by atoms with Gasteiger partial charge in [0.25, 0.3) is 0 Å². The zero-order chi connectivity index (χ0) is 20.1. The highest BCUT2D eigenvalue weighted by molar-refractivity contribution is 5.99. The van der Waals surface area contributed by atoms with Gasteiger partial charge in [-0.2, -0.15) is 0 Å². The van der Waals surface area contributed by atoms with Crippen LogP contribution in [0.15, 0.2) is 30.3 Å². The molecule has 0 atom stereocenters. The van der Waals surface area contributed by atoms with Crippen molar-refractivity contribution in [2.24, 2.45) is 0 Å². The molecule has 0 saturated carbocycles. The minimum absolute atomic E-state index is 0.432. The van der Waals surface area contributed by atoms with Crippen molar-refractivity contribution in [1.29, 1.82) is 0 Å². The van der Waals surface area contributed by atoms with E-state index in [1.54, 1.807) is 0 Å². The van der Waals surface area contributed by atoms with Crippen molar-refractivity contribution in [2.45, 2.75) is 52.4 Å². The molecule has 5 rings (SSSR count). The molecule has 1 aliphatic rings. The first kappa shape index (κ1) is 18.4. The topological polar surface area (TPSA) is 56.5 Å². The first-order valence-corrected chi connectivity index (χ1v) is 10.8. The van der Waals surface area contributed by atoms with Crippen molar-refractivity contribution in [3.05, 3.63) is 52.8 Å². The van der Waals surface area contributed by atoms with Gasteiger partial charge in [-0.15, -0.1) is 0 Å². The van der Waals surface area contributed by atoms with Gasteiger partial charge in [-0.3, -0.25) is 4.98 Å². The second-order valence-electron chi connectivity index (χ2n) is 8.92. The molecule has 3 N–H and O–H groups in total. The van der Waals surface area contributed by atoms with Crippen LogP contribution in [0.25, 0.3) is 33.2 Å². The molecular formula is C25H30N4. The molecule has 4 aromatic rings. The average molecular weight is 387 g/mol. The molecular weight excluding hydrogens is 356 g/mol. The molecule has 0 radical (unpaired) electrons. The molecule has 1 aromatic carbocycles. The van der Waals surface area contributed by atoms with Gasteiger partial charge in [0.1, 0.15) is 0 Å². The molecule has 29 heavy (non-hydrogen) atoms. The van der Waals surface area contributed by atoms with Gasteiger partial charge in [-0.25, -0.2) is 0 Å².